The van der Waals surface area contributed by atoms with Crippen LogP contribution in [-0.2, 0) is 6.42 Å². The van der Waals surface area contributed by atoms with Crippen LogP contribution in [0.5, 0.6) is 0 Å². The molecule has 112 valence electrons. The molecule has 23 heavy (non-hydrogen) atoms. The molecule has 3 nitrogen and oxygen atoms in total. The van der Waals surface area contributed by atoms with Crippen LogP contribution in [0.3, 0.4) is 0 Å². The van der Waals surface area contributed by atoms with Crippen LogP contribution in [0.2, 0.25) is 0 Å². The zero-order valence-electron chi connectivity index (χ0n) is 12.4. The minimum Gasteiger partial charge on any atom is -0.469 e. The van der Waals surface area contributed by atoms with Crippen molar-refractivity contribution in [3.8, 4) is 11.3 Å². The van der Waals surface area contributed by atoms with E-state index in [-0.39, 0.29) is 5.43 Å². The monoisotopic (exact) mass is 302 g/mol. The number of furan rings is 1. The van der Waals surface area contributed by atoms with Crippen LogP contribution in [0.4, 0.5) is 0 Å². The van der Waals surface area contributed by atoms with E-state index >= 15 is 0 Å². The van der Waals surface area contributed by atoms with Crippen molar-refractivity contribution in [2.75, 3.05) is 0 Å². The molecule has 4 aromatic rings. The maximum absolute atomic E-state index is 12.9. The normalized spacial score (nSPS) is 11.0. The molecule has 0 spiro atoms. The van der Waals surface area contributed by atoms with Gasteiger partial charge in [-0.25, -0.2) is 0 Å². The summed E-state index contributed by atoms with van der Waals surface area (Å²) in [7, 11) is 0. The van der Waals surface area contributed by atoms with E-state index in [1.54, 1.807) is 12.3 Å². The van der Waals surface area contributed by atoms with E-state index in [4.69, 9.17) is 8.83 Å². The quantitative estimate of drug-likeness (QED) is 0.553. The Labute approximate surface area is 132 Å². The van der Waals surface area contributed by atoms with Crippen LogP contribution < -0.4 is 5.43 Å². The van der Waals surface area contributed by atoms with Gasteiger partial charge in [0.2, 0.25) is 0 Å². The fourth-order valence-electron chi connectivity index (χ4n) is 2.75. The lowest BCUT2D eigenvalue weighted by atomic mass is 10.0. The third-order valence-electron chi connectivity index (χ3n) is 3.86. The number of para-hydroxylation sites is 1. The average molecular weight is 302 g/mol. The molecule has 0 saturated heterocycles. The third kappa shape index (κ3) is 2.46. The largest absolute Gasteiger partial charge is 0.469 e. The van der Waals surface area contributed by atoms with E-state index in [0.29, 0.717) is 28.7 Å². The van der Waals surface area contributed by atoms with Crippen LogP contribution >= 0.6 is 0 Å². The van der Waals surface area contributed by atoms with Crippen molar-refractivity contribution in [3.05, 3.63) is 94.5 Å². The molecule has 0 saturated carbocycles. The van der Waals surface area contributed by atoms with Gasteiger partial charge in [0.15, 0.2) is 5.43 Å². The van der Waals surface area contributed by atoms with Gasteiger partial charge in [0.1, 0.15) is 17.1 Å². The Hall–Kier alpha value is -3.07. The van der Waals surface area contributed by atoms with Crippen molar-refractivity contribution in [3.63, 3.8) is 0 Å². The van der Waals surface area contributed by atoms with Crippen molar-refractivity contribution >= 4 is 11.0 Å². The molecule has 2 aromatic heterocycles. The second kappa shape index (κ2) is 5.61. The molecule has 0 amide bonds. The molecule has 0 atom stereocenters. The zero-order valence-corrected chi connectivity index (χ0v) is 12.4. The molecule has 0 unspecified atom stereocenters. The Balaban J connectivity index is 2.00. The minimum atomic E-state index is -0.0119. The average Bonchev–Trinajstić information content (AvgIpc) is 3.11. The Morgan fingerprint density at radius 3 is 2.39 bits per heavy atom. The fraction of sp³-hybridized carbons (Fsp3) is 0.0500. The van der Waals surface area contributed by atoms with Gasteiger partial charge in [0.25, 0.3) is 0 Å². The summed E-state index contributed by atoms with van der Waals surface area (Å²) in [6, 6.07) is 20.7. The Bertz CT molecular complexity index is 996. The summed E-state index contributed by atoms with van der Waals surface area (Å²) in [6.07, 6.45) is 2.02. The molecule has 0 fully saturated rings. The molecule has 0 aliphatic heterocycles. The molecule has 0 radical (unpaired) electrons. The third-order valence-corrected chi connectivity index (χ3v) is 3.86. The lowest BCUT2D eigenvalue weighted by Gasteiger charge is -2.09. The van der Waals surface area contributed by atoms with Crippen molar-refractivity contribution in [1.29, 1.82) is 0 Å². The molecular formula is C20H14O3. The topological polar surface area (TPSA) is 43.4 Å². The molecule has 2 heterocycles. The second-order valence-electron chi connectivity index (χ2n) is 5.36. The Morgan fingerprint density at radius 2 is 1.61 bits per heavy atom. The van der Waals surface area contributed by atoms with E-state index in [1.807, 2.05) is 60.7 Å². The number of hydrogen-bond donors (Lipinski definition) is 0. The highest BCUT2D eigenvalue weighted by Crippen LogP contribution is 2.27. The van der Waals surface area contributed by atoms with E-state index in [2.05, 4.69) is 0 Å². The smallest absolute Gasteiger partial charge is 0.196 e. The Morgan fingerprint density at radius 1 is 0.826 bits per heavy atom. The van der Waals surface area contributed by atoms with Crippen LogP contribution in [0.25, 0.3) is 22.3 Å². The SMILES string of the molecule is O=c1c(Cc2ccco2)c(-c2ccccc2)oc2ccccc12. The molecule has 0 N–H and O–H groups in total. The first-order chi connectivity index (χ1) is 11.3. The van der Waals surface area contributed by atoms with Gasteiger partial charge in [-0.05, 0) is 24.3 Å². The summed E-state index contributed by atoms with van der Waals surface area (Å²) < 4.78 is 11.5. The highest BCUT2D eigenvalue weighted by atomic mass is 16.3. The van der Waals surface area contributed by atoms with Gasteiger partial charge in [-0.2, -0.15) is 0 Å². The number of fused-ring (bicyclic) bond motifs is 1. The predicted molar refractivity (Wildman–Crippen MR) is 89.4 cm³/mol. The summed E-state index contributed by atoms with van der Waals surface area (Å²) in [5.74, 6) is 1.34. The van der Waals surface area contributed by atoms with Gasteiger partial charge in [0, 0.05) is 12.0 Å². The zero-order chi connectivity index (χ0) is 15.6. The summed E-state index contributed by atoms with van der Waals surface area (Å²) in [5.41, 5.74) is 2.09. The van der Waals surface area contributed by atoms with E-state index in [0.717, 1.165) is 11.3 Å². The number of benzene rings is 2. The van der Waals surface area contributed by atoms with Crippen molar-refractivity contribution in [2.24, 2.45) is 0 Å². The lowest BCUT2D eigenvalue weighted by molar-refractivity contribution is 0.517. The van der Waals surface area contributed by atoms with Gasteiger partial charge in [-0.1, -0.05) is 42.5 Å². The molecular weight excluding hydrogens is 288 g/mol. The van der Waals surface area contributed by atoms with Gasteiger partial charge in [-0.3, -0.25) is 4.79 Å². The number of rotatable bonds is 3. The van der Waals surface area contributed by atoms with Crippen molar-refractivity contribution in [1.82, 2.24) is 0 Å². The summed E-state index contributed by atoms with van der Waals surface area (Å²) in [6.45, 7) is 0. The molecule has 3 heteroatoms. The fourth-order valence-corrected chi connectivity index (χ4v) is 2.75. The van der Waals surface area contributed by atoms with Crippen LogP contribution in [0.1, 0.15) is 11.3 Å². The highest BCUT2D eigenvalue weighted by molar-refractivity contribution is 5.80. The summed E-state index contributed by atoms with van der Waals surface area (Å²) in [5, 5.41) is 0.591. The Kier molecular flexibility index (Phi) is 3.31. The highest BCUT2D eigenvalue weighted by Gasteiger charge is 2.17. The van der Waals surface area contributed by atoms with Gasteiger partial charge in [-0.15, -0.1) is 0 Å². The van der Waals surface area contributed by atoms with Crippen LogP contribution in [0, 0.1) is 0 Å². The lowest BCUT2D eigenvalue weighted by Crippen LogP contribution is -2.11. The van der Waals surface area contributed by atoms with Crippen molar-refractivity contribution < 1.29 is 8.83 Å². The van der Waals surface area contributed by atoms with E-state index < -0.39 is 0 Å². The summed E-state index contributed by atoms with van der Waals surface area (Å²) >= 11 is 0. The second-order valence-corrected chi connectivity index (χ2v) is 5.36. The van der Waals surface area contributed by atoms with E-state index in [9.17, 15) is 4.79 Å². The van der Waals surface area contributed by atoms with Gasteiger partial charge in [0.05, 0.1) is 17.2 Å². The molecule has 4 rings (SSSR count). The minimum absolute atomic E-state index is 0.0119. The molecule has 0 aliphatic carbocycles. The first kappa shape index (κ1) is 13.6. The summed E-state index contributed by atoms with van der Waals surface area (Å²) in [4.78, 5) is 12.9. The molecule has 0 aliphatic rings. The maximum Gasteiger partial charge on any atom is 0.196 e. The first-order valence-electron chi connectivity index (χ1n) is 7.45. The predicted octanol–water partition coefficient (Wildman–Crippen LogP) is 4.64. The number of hydrogen-bond acceptors (Lipinski definition) is 3. The van der Waals surface area contributed by atoms with Gasteiger partial charge >= 0.3 is 0 Å². The maximum atomic E-state index is 12.9. The molecule has 0 bridgehead atoms. The standard InChI is InChI=1S/C20H14O3/c21-19-16-10-4-5-11-18(16)23-20(14-7-2-1-3-8-14)17(19)13-15-9-6-12-22-15/h1-12H,13H2. The van der Waals surface area contributed by atoms with Crippen LogP contribution in [0.15, 0.2) is 86.6 Å². The van der Waals surface area contributed by atoms with Gasteiger partial charge < -0.3 is 8.83 Å². The first-order valence-corrected chi connectivity index (χ1v) is 7.45. The van der Waals surface area contributed by atoms with Crippen molar-refractivity contribution in [2.45, 2.75) is 6.42 Å². The van der Waals surface area contributed by atoms with Crippen LogP contribution in [-0.4, -0.2) is 0 Å². The van der Waals surface area contributed by atoms with E-state index in [1.165, 1.54) is 0 Å². The molecule has 2 aromatic carbocycles.